The van der Waals surface area contributed by atoms with E-state index in [2.05, 4.69) is 26.0 Å². The summed E-state index contributed by atoms with van der Waals surface area (Å²) in [6.07, 6.45) is 1.61. The van der Waals surface area contributed by atoms with Crippen LogP contribution in [0.25, 0.3) is 5.82 Å². The van der Waals surface area contributed by atoms with E-state index in [9.17, 15) is 8.42 Å². The highest BCUT2D eigenvalue weighted by molar-refractivity contribution is 9.10. The largest absolute Gasteiger partial charge is 0.241 e. The summed E-state index contributed by atoms with van der Waals surface area (Å²) in [5.74, 6) is 0.536. The number of pyridine rings is 1. The van der Waals surface area contributed by atoms with Gasteiger partial charge >= 0.3 is 0 Å². The van der Waals surface area contributed by atoms with Crippen LogP contribution in [0, 0.1) is 13.8 Å². The summed E-state index contributed by atoms with van der Waals surface area (Å²) in [5, 5.41) is 9.32. The second-order valence-corrected chi connectivity index (χ2v) is 6.21. The molecule has 0 fully saturated rings. The lowest BCUT2D eigenvalue weighted by molar-refractivity contribution is 0.596. The molecule has 2 aromatic rings. The third-order valence-electron chi connectivity index (χ3n) is 2.44. The molecule has 0 radical (unpaired) electrons. The number of nitrogens with two attached hydrogens (primary N) is 1. The van der Waals surface area contributed by atoms with Crippen molar-refractivity contribution in [3.63, 3.8) is 0 Å². The summed E-state index contributed by atoms with van der Waals surface area (Å²) in [6, 6.07) is 3.53. The molecule has 0 atom stereocenters. The van der Waals surface area contributed by atoms with Crippen molar-refractivity contribution in [1.29, 1.82) is 0 Å². The number of hydrogen-bond donors (Lipinski definition) is 1. The predicted molar refractivity (Wildman–Crippen MR) is 69.9 cm³/mol. The van der Waals surface area contributed by atoms with Gasteiger partial charge in [-0.3, -0.25) is 0 Å². The minimum absolute atomic E-state index is 0.0484. The van der Waals surface area contributed by atoms with Gasteiger partial charge in [-0.25, -0.2) is 23.2 Å². The van der Waals surface area contributed by atoms with Gasteiger partial charge in [-0.2, -0.15) is 5.10 Å². The fourth-order valence-corrected chi connectivity index (χ4v) is 2.94. The molecule has 2 heterocycles. The number of sulfonamides is 1. The van der Waals surface area contributed by atoms with E-state index in [0.29, 0.717) is 17.2 Å². The number of aryl methyl sites for hydroxylation is 1. The van der Waals surface area contributed by atoms with Crippen LogP contribution in [0.4, 0.5) is 0 Å². The number of rotatable bonds is 2. The van der Waals surface area contributed by atoms with Crippen LogP contribution in [-0.2, 0) is 10.0 Å². The highest BCUT2D eigenvalue weighted by Crippen LogP contribution is 2.20. The molecule has 0 aromatic carbocycles. The third kappa shape index (κ3) is 2.31. The fraction of sp³-hybridized carbons (Fsp3) is 0.200. The fourth-order valence-electron chi connectivity index (χ4n) is 1.76. The van der Waals surface area contributed by atoms with Crippen LogP contribution in [0.3, 0.4) is 0 Å². The zero-order chi connectivity index (χ0) is 13.5. The standard InChI is InChI=1S/C10H11BrN4O2S/c1-6-10(18(12,16)17)7(2)15(14-6)9-4-3-8(11)5-13-9/h3-5H,1-2H3,(H2,12,16,17). The first-order valence-electron chi connectivity index (χ1n) is 5.01. The van der Waals surface area contributed by atoms with Crippen LogP contribution in [0.15, 0.2) is 27.7 Å². The molecule has 96 valence electrons. The molecule has 0 spiro atoms. The van der Waals surface area contributed by atoms with Crippen LogP contribution in [0.2, 0.25) is 0 Å². The molecule has 2 rings (SSSR count). The number of hydrogen-bond acceptors (Lipinski definition) is 4. The van der Waals surface area contributed by atoms with Gasteiger partial charge in [0.05, 0.1) is 11.4 Å². The first-order valence-corrected chi connectivity index (χ1v) is 7.35. The highest BCUT2D eigenvalue weighted by Gasteiger charge is 2.21. The van der Waals surface area contributed by atoms with Gasteiger partial charge < -0.3 is 0 Å². The van der Waals surface area contributed by atoms with Crippen LogP contribution < -0.4 is 5.14 Å². The summed E-state index contributed by atoms with van der Waals surface area (Å²) in [6.45, 7) is 3.24. The van der Waals surface area contributed by atoms with Gasteiger partial charge in [0.15, 0.2) is 5.82 Å². The summed E-state index contributed by atoms with van der Waals surface area (Å²) in [7, 11) is -3.78. The van der Waals surface area contributed by atoms with E-state index in [-0.39, 0.29) is 4.90 Å². The molecule has 8 heteroatoms. The first-order chi connectivity index (χ1) is 8.30. The Kier molecular flexibility index (Phi) is 3.26. The van der Waals surface area contributed by atoms with Gasteiger partial charge in [-0.15, -0.1) is 0 Å². The van der Waals surface area contributed by atoms with E-state index in [1.165, 1.54) is 4.68 Å². The second kappa shape index (κ2) is 4.45. The lowest BCUT2D eigenvalue weighted by Crippen LogP contribution is -2.14. The molecule has 0 amide bonds. The van der Waals surface area contributed by atoms with E-state index in [4.69, 9.17) is 5.14 Å². The monoisotopic (exact) mass is 330 g/mol. The molecule has 0 saturated carbocycles. The molecule has 2 aromatic heterocycles. The predicted octanol–water partition coefficient (Wildman–Crippen LogP) is 1.29. The Labute approximate surface area is 113 Å². The summed E-state index contributed by atoms with van der Waals surface area (Å²) >= 11 is 3.28. The SMILES string of the molecule is Cc1nn(-c2ccc(Br)cn2)c(C)c1S(N)(=O)=O. The van der Waals surface area contributed by atoms with Gasteiger partial charge in [-0.1, -0.05) is 0 Å². The summed E-state index contributed by atoms with van der Waals surface area (Å²) in [5.41, 5.74) is 0.810. The van der Waals surface area contributed by atoms with Gasteiger partial charge in [0, 0.05) is 10.7 Å². The maximum absolute atomic E-state index is 11.5. The van der Waals surface area contributed by atoms with Crippen molar-refractivity contribution in [3.05, 3.63) is 34.2 Å². The smallest absolute Gasteiger partial charge is 0.236 e. The summed E-state index contributed by atoms with van der Waals surface area (Å²) in [4.78, 5) is 4.21. The Balaban J connectivity index is 2.65. The minimum atomic E-state index is -3.78. The van der Waals surface area contributed by atoms with Gasteiger partial charge in [0.25, 0.3) is 0 Å². The van der Waals surface area contributed by atoms with Crippen molar-refractivity contribution in [2.75, 3.05) is 0 Å². The number of aromatic nitrogens is 3. The van der Waals surface area contributed by atoms with Gasteiger partial charge in [0.2, 0.25) is 10.0 Å². The van der Waals surface area contributed by atoms with Crippen LogP contribution >= 0.6 is 15.9 Å². The van der Waals surface area contributed by atoms with Gasteiger partial charge in [0.1, 0.15) is 4.90 Å². The first kappa shape index (κ1) is 13.2. The molecule has 0 aliphatic heterocycles. The van der Waals surface area contributed by atoms with Crippen molar-refractivity contribution < 1.29 is 8.42 Å². The van der Waals surface area contributed by atoms with E-state index < -0.39 is 10.0 Å². The van der Waals surface area contributed by atoms with E-state index in [1.807, 2.05) is 0 Å². The van der Waals surface area contributed by atoms with Crippen molar-refractivity contribution in [2.24, 2.45) is 5.14 Å². The Morgan fingerprint density at radius 2 is 2.00 bits per heavy atom. The molecule has 6 nitrogen and oxygen atoms in total. The Hall–Kier alpha value is -1.25. The molecule has 0 saturated heterocycles. The quantitative estimate of drug-likeness (QED) is 0.898. The van der Waals surface area contributed by atoms with E-state index >= 15 is 0 Å². The zero-order valence-electron chi connectivity index (χ0n) is 9.75. The third-order valence-corrected chi connectivity index (χ3v) is 4.07. The maximum Gasteiger partial charge on any atom is 0.241 e. The Morgan fingerprint density at radius 3 is 2.44 bits per heavy atom. The molecule has 0 aliphatic carbocycles. The van der Waals surface area contributed by atoms with E-state index in [1.54, 1.807) is 32.2 Å². The molecule has 0 unspecified atom stereocenters. The minimum Gasteiger partial charge on any atom is -0.236 e. The molecule has 18 heavy (non-hydrogen) atoms. The van der Waals surface area contributed by atoms with Crippen LogP contribution in [0.1, 0.15) is 11.4 Å². The maximum atomic E-state index is 11.5. The molecule has 0 bridgehead atoms. The molecule has 2 N–H and O–H groups in total. The molecular formula is C10H11BrN4O2S. The average molecular weight is 331 g/mol. The second-order valence-electron chi connectivity index (χ2n) is 3.79. The normalized spacial score (nSPS) is 11.8. The zero-order valence-corrected chi connectivity index (χ0v) is 12.2. The number of halogens is 1. The Morgan fingerprint density at radius 1 is 1.33 bits per heavy atom. The van der Waals surface area contributed by atoms with Crippen LogP contribution in [-0.4, -0.2) is 23.2 Å². The number of primary sulfonamides is 1. The number of nitrogens with zero attached hydrogens (tertiary/aromatic N) is 3. The highest BCUT2D eigenvalue weighted by atomic mass is 79.9. The van der Waals surface area contributed by atoms with E-state index in [0.717, 1.165) is 4.47 Å². The average Bonchev–Trinajstić information content (AvgIpc) is 2.54. The van der Waals surface area contributed by atoms with Crippen molar-refractivity contribution in [2.45, 2.75) is 18.7 Å². The molecule has 0 aliphatic rings. The van der Waals surface area contributed by atoms with Crippen molar-refractivity contribution in [1.82, 2.24) is 14.8 Å². The van der Waals surface area contributed by atoms with Crippen LogP contribution in [0.5, 0.6) is 0 Å². The van der Waals surface area contributed by atoms with Crippen molar-refractivity contribution in [3.8, 4) is 5.82 Å². The topological polar surface area (TPSA) is 90.9 Å². The van der Waals surface area contributed by atoms with Gasteiger partial charge in [-0.05, 0) is 41.9 Å². The molecular weight excluding hydrogens is 320 g/mol. The Bertz CT molecular complexity index is 691. The summed E-state index contributed by atoms with van der Waals surface area (Å²) < 4.78 is 25.2. The van der Waals surface area contributed by atoms with Crippen molar-refractivity contribution >= 4 is 26.0 Å². The lowest BCUT2D eigenvalue weighted by atomic mass is 10.4. The lowest BCUT2D eigenvalue weighted by Gasteiger charge is -2.03.